The van der Waals surface area contributed by atoms with Crippen LogP contribution in [-0.4, -0.2) is 56.9 Å². The van der Waals surface area contributed by atoms with Crippen LogP contribution in [0.2, 0.25) is 0 Å². The second kappa shape index (κ2) is 12.1. The number of guanidine groups is 1. The third-order valence-corrected chi connectivity index (χ3v) is 5.55. The van der Waals surface area contributed by atoms with Crippen molar-refractivity contribution in [1.82, 2.24) is 15.6 Å². The van der Waals surface area contributed by atoms with E-state index in [1.54, 1.807) is 18.4 Å². The van der Waals surface area contributed by atoms with Gasteiger partial charge in [0.2, 0.25) is 0 Å². The summed E-state index contributed by atoms with van der Waals surface area (Å²) in [5.41, 5.74) is 1.23. The zero-order valence-electron chi connectivity index (χ0n) is 17.4. The van der Waals surface area contributed by atoms with Crippen molar-refractivity contribution < 1.29 is 4.74 Å². The molecule has 1 aromatic heterocycles. The number of hydrogen-bond donors (Lipinski definition) is 2. The molecule has 8 heteroatoms. The molecule has 1 aliphatic heterocycles. The first-order valence-corrected chi connectivity index (χ1v) is 10.6. The Bertz CT molecular complexity index is 567. The van der Waals surface area contributed by atoms with Crippen molar-refractivity contribution >= 4 is 46.4 Å². The molecule has 0 aliphatic carbocycles. The number of rotatable bonds is 8. The van der Waals surface area contributed by atoms with Gasteiger partial charge in [0.05, 0.1) is 18.3 Å². The van der Waals surface area contributed by atoms with Gasteiger partial charge in [-0.15, -0.1) is 35.3 Å². The van der Waals surface area contributed by atoms with E-state index >= 15 is 0 Å². The predicted molar refractivity (Wildman–Crippen MR) is 127 cm³/mol. The maximum atomic E-state index is 5.59. The summed E-state index contributed by atoms with van der Waals surface area (Å²) in [7, 11) is 1.76. The number of aliphatic imine (C=N–C) groups is 1. The van der Waals surface area contributed by atoms with Crippen LogP contribution in [0.1, 0.15) is 46.2 Å². The molecule has 27 heavy (non-hydrogen) atoms. The monoisotopic (exact) mass is 509 g/mol. The van der Waals surface area contributed by atoms with Crippen LogP contribution < -0.4 is 15.5 Å². The molecule has 0 radical (unpaired) electrons. The highest BCUT2D eigenvalue weighted by molar-refractivity contribution is 14.0. The first-order valence-electron chi connectivity index (χ1n) is 9.68. The minimum Gasteiger partial charge on any atom is -0.379 e. The van der Waals surface area contributed by atoms with Gasteiger partial charge >= 0.3 is 0 Å². The van der Waals surface area contributed by atoms with Gasteiger partial charge in [-0.25, -0.2) is 4.98 Å². The molecule has 1 aliphatic rings. The Morgan fingerprint density at radius 1 is 1.33 bits per heavy atom. The summed E-state index contributed by atoms with van der Waals surface area (Å²) in [4.78, 5) is 11.9. The van der Waals surface area contributed by atoms with E-state index < -0.39 is 0 Å². The molecule has 2 N–H and O–H groups in total. The largest absolute Gasteiger partial charge is 0.379 e. The van der Waals surface area contributed by atoms with E-state index in [-0.39, 0.29) is 35.5 Å². The Hall–Kier alpha value is -0.610. The summed E-state index contributed by atoms with van der Waals surface area (Å²) in [5.74, 6) is 0.841. The maximum absolute atomic E-state index is 5.59. The van der Waals surface area contributed by atoms with Crippen molar-refractivity contribution in [3.05, 3.63) is 11.1 Å². The molecule has 0 amide bonds. The lowest BCUT2D eigenvalue weighted by Gasteiger charge is -2.28. The van der Waals surface area contributed by atoms with Crippen LogP contribution in [0.3, 0.4) is 0 Å². The van der Waals surface area contributed by atoms with E-state index in [1.807, 2.05) is 0 Å². The highest BCUT2D eigenvalue weighted by Gasteiger charge is 2.24. The van der Waals surface area contributed by atoms with Gasteiger partial charge in [0, 0.05) is 45.1 Å². The average Bonchev–Trinajstić information content (AvgIpc) is 3.25. The van der Waals surface area contributed by atoms with Gasteiger partial charge in [0.1, 0.15) is 0 Å². The molecule has 1 fully saturated rings. The van der Waals surface area contributed by atoms with Crippen LogP contribution >= 0.6 is 35.3 Å². The van der Waals surface area contributed by atoms with Crippen LogP contribution in [0.5, 0.6) is 0 Å². The number of hydrogen-bond acceptors (Lipinski definition) is 5. The van der Waals surface area contributed by atoms with Crippen molar-refractivity contribution in [3.8, 4) is 0 Å². The van der Waals surface area contributed by atoms with Crippen LogP contribution in [0.4, 0.5) is 5.13 Å². The number of nitrogens with zero attached hydrogens (tertiary/aromatic N) is 3. The summed E-state index contributed by atoms with van der Waals surface area (Å²) >= 11 is 1.76. The number of nitrogens with one attached hydrogen (secondary N) is 2. The van der Waals surface area contributed by atoms with Gasteiger partial charge in [-0.1, -0.05) is 20.8 Å². The third kappa shape index (κ3) is 8.11. The van der Waals surface area contributed by atoms with E-state index in [4.69, 9.17) is 14.7 Å². The van der Waals surface area contributed by atoms with E-state index in [2.05, 4.69) is 48.6 Å². The van der Waals surface area contributed by atoms with Gasteiger partial charge in [-0.3, -0.25) is 4.99 Å². The molecule has 2 heterocycles. The highest BCUT2D eigenvalue weighted by atomic mass is 127. The number of aromatic nitrogens is 1. The minimum atomic E-state index is 0. The normalized spacial score (nSPS) is 16.2. The average molecular weight is 510 g/mol. The SMILES string of the molecule is CCNC(=NCC(OC)C(C)(C)C)NCCc1csc(N2CCCC2)n1.I. The second-order valence-electron chi connectivity index (χ2n) is 7.80. The molecule has 156 valence electrons. The quantitative estimate of drug-likeness (QED) is 0.319. The lowest BCUT2D eigenvalue weighted by Crippen LogP contribution is -2.40. The van der Waals surface area contributed by atoms with Crippen LogP contribution in [0, 0.1) is 5.41 Å². The third-order valence-electron chi connectivity index (χ3n) is 4.60. The van der Waals surface area contributed by atoms with Gasteiger partial charge in [0.15, 0.2) is 11.1 Å². The number of methoxy groups -OCH3 is 1. The zero-order valence-corrected chi connectivity index (χ0v) is 20.5. The Morgan fingerprint density at radius 3 is 2.63 bits per heavy atom. The summed E-state index contributed by atoms with van der Waals surface area (Å²) in [6.45, 7) is 13.2. The molecule has 1 aromatic rings. The standard InChI is InChI=1S/C19H35N5OS.HI/c1-6-20-17(22-13-16(25-5)19(2,3)4)21-10-9-15-14-26-18(23-15)24-11-7-8-12-24;/h14,16H,6-13H2,1-5H3,(H2,20,21,22);1H. The summed E-state index contributed by atoms with van der Waals surface area (Å²) in [6, 6.07) is 0. The summed E-state index contributed by atoms with van der Waals surface area (Å²) < 4.78 is 5.59. The van der Waals surface area contributed by atoms with Gasteiger partial charge in [-0.05, 0) is 25.2 Å². The fourth-order valence-electron chi connectivity index (χ4n) is 2.99. The van der Waals surface area contributed by atoms with Crippen molar-refractivity contribution in [1.29, 1.82) is 0 Å². The number of thiazole rings is 1. The number of anilines is 1. The molecule has 1 saturated heterocycles. The van der Waals surface area contributed by atoms with Gasteiger partial charge < -0.3 is 20.3 Å². The van der Waals surface area contributed by atoms with Crippen molar-refractivity contribution in [2.24, 2.45) is 10.4 Å². The molecule has 0 aromatic carbocycles. The highest BCUT2D eigenvalue weighted by Crippen LogP contribution is 2.24. The second-order valence-corrected chi connectivity index (χ2v) is 8.64. The van der Waals surface area contributed by atoms with E-state index in [9.17, 15) is 0 Å². The topological polar surface area (TPSA) is 61.8 Å². The van der Waals surface area contributed by atoms with Crippen molar-refractivity contribution in [2.45, 2.75) is 53.1 Å². The molecule has 0 saturated carbocycles. The molecule has 1 atom stereocenters. The zero-order chi connectivity index (χ0) is 19.0. The molecule has 0 spiro atoms. The smallest absolute Gasteiger partial charge is 0.191 e. The number of ether oxygens (including phenoxy) is 1. The van der Waals surface area contributed by atoms with Gasteiger partial charge in [0.25, 0.3) is 0 Å². The van der Waals surface area contributed by atoms with Crippen LogP contribution in [-0.2, 0) is 11.2 Å². The Labute approximate surface area is 185 Å². The Morgan fingerprint density at radius 2 is 2.04 bits per heavy atom. The Kier molecular flexibility index (Phi) is 10.9. The first kappa shape index (κ1) is 24.4. The summed E-state index contributed by atoms with van der Waals surface area (Å²) in [5, 5.41) is 10.1. The lowest BCUT2D eigenvalue weighted by atomic mass is 9.89. The predicted octanol–water partition coefficient (Wildman–Crippen LogP) is 3.52. The van der Waals surface area contributed by atoms with Crippen molar-refractivity contribution in [2.75, 3.05) is 44.7 Å². The van der Waals surface area contributed by atoms with E-state index in [0.717, 1.165) is 44.3 Å². The van der Waals surface area contributed by atoms with Crippen LogP contribution in [0.15, 0.2) is 10.4 Å². The van der Waals surface area contributed by atoms with E-state index in [0.29, 0.717) is 6.54 Å². The van der Waals surface area contributed by atoms with Crippen molar-refractivity contribution in [3.63, 3.8) is 0 Å². The fraction of sp³-hybridized carbons (Fsp3) is 0.789. The maximum Gasteiger partial charge on any atom is 0.191 e. The molecule has 2 rings (SSSR count). The first-order chi connectivity index (χ1) is 12.4. The molecule has 1 unspecified atom stereocenters. The summed E-state index contributed by atoms with van der Waals surface area (Å²) in [6.07, 6.45) is 3.58. The molecular formula is C19H36IN5OS. The minimum absolute atomic E-state index is 0. The number of halogens is 1. The Balaban J connectivity index is 0.00000364. The van der Waals surface area contributed by atoms with Gasteiger partial charge in [-0.2, -0.15) is 0 Å². The molecule has 0 bridgehead atoms. The van der Waals surface area contributed by atoms with E-state index in [1.165, 1.54) is 18.0 Å². The molecule has 6 nitrogen and oxygen atoms in total. The molecular weight excluding hydrogens is 473 g/mol. The fourth-order valence-corrected chi connectivity index (χ4v) is 3.91. The lowest BCUT2D eigenvalue weighted by molar-refractivity contribution is 0.0241. The van der Waals surface area contributed by atoms with Crippen LogP contribution in [0.25, 0.3) is 0 Å².